The number of halogens is 1. The summed E-state index contributed by atoms with van der Waals surface area (Å²) in [6.07, 6.45) is 2.83. The Balaban J connectivity index is 2.40. The second-order valence-electron chi connectivity index (χ2n) is 4.99. The summed E-state index contributed by atoms with van der Waals surface area (Å²) in [7, 11) is 0. The predicted molar refractivity (Wildman–Crippen MR) is 77.0 cm³/mol. The number of carbonyl (C=O) groups excluding carboxylic acids is 1. The average molecular weight is 295 g/mol. The van der Waals surface area contributed by atoms with E-state index in [1.54, 1.807) is 11.8 Å². The van der Waals surface area contributed by atoms with Crippen molar-refractivity contribution in [2.75, 3.05) is 25.0 Å². The molecule has 7 heteroatoms. The van der Waals surface area contributed by atoms with Crippen LogP contribution in [0.1, 0.15) is 36.5 Å². The zero-order valence-corrected chi connectivity index (χ0v) is 11.9. The molecule has 1 aliphatic rings. The minimum atomic E-state index is -0.723. The fraction of sp³-hybridized carbons (Fsp3) is 0.500. The van der Waals surface area contributed by atoms with Crippen molar-refractivity contribution < 1.29 is 14.1 Å². The summed E-state index contributed by atoms with van der Waals surface area (Å²) < 4.78 is 13.8. The van der Waals surface area contributed by atoms with Gasteiger partial charge in [-0.15, -0.1) is 0 Å². The lowest BCUT2D eigenvalue weighted by molar-refractivity contribution is -0.385. The molecule has 0 aliphatic carbocycles. The summed E-state index contributed by atoms with van der Waals surface area (Å²) in [6, 6.07) is 2.06. The average Bonchev–Trinajstić information content (AvgIpc) is 2.49. The summed E-state index contributed by atoms with van der Waals surface area (Å²) >= 11 is 0. The number of hydrogen-bond donors (Lipinski definition) is 1. The van der Waals surface area contributed by atoms with Crippen molar-refractivity contribution >= 4 is 17.3 Å². The van der Waals surface area contributed by atoms with Crippen LogP contribution in [0.5, 0.6) is 0 Å². The number of piperidine rings is 1. The van der Waals surface area contributed by atoms with Crippen LogP contribution in [0.15, 0.2) is 12.1 Å². The van der Waals surface area contributed by atoms with Crippen LogP contribution in [-0.4, -0.2) is 35.4 Å². The first kappa shape index (κ1) is 15.2. The number of amides is 1. The highest BCUT2D eigenvalue weighted by Gasteiger charge is 2.27. The molecule has 0 radical (unpaired) electrons. The Bertz CT molecular complexity index is 557. The molecule has 114 valence electrons. The van der Waals surface area contributed by atoms with Gasteiger partial charge in [-0.25, -0.2) is 4.39 Å². The van der Waals surface area contributed by atoms with Crippen LogP contribution in [0, 0.1) is 15.9 Å². The van der Waals surface area contributed by atoms with Gasteiger partial charge >= 0.3 is 0 Å². The van der Waals surface area contributed by atoms with Crippen molar-refractivity contribution in [3.63, 3.8) is 0 Å². The van der Waals surface area contributed by atoms with Gasteiger partial charge in [-0.3, -0.25) is 14.9 Å². The Kier molecular flexibility index (Phi) is 4.72. The molecule has 1 aliphatic heterocycles. The molecule has 2 rings (SSSR count). The summed E-state index contributed by atoms with van der Waals surface area (Å²) in [5, 5.41) is 13.8. The number of nitrogens with one attached hydrogen (secondary N) is 1. The van der Waals surface area contributed by atoms with Crippen molar-refractivity contribution in [1.29, 1.82) is 0 Å². The molecule has 1 saturated heterocycles. The van der Waals surface area contributed by atoms with Crippen LogP contribution in [0.25, 0.3) is 0 Å². The maximum absolute atomic E-state index is 13.8. The SMILES string of the molecule is CCNc1cc(C(=O)N2CCCCC2)c([N+](=O)[O-])cc1F. The molecule has 1 heterocycles. The molecule has 1 amide bonds. The number of nitro groups is 1. The van der Waals surface area contributed by atoms with Crippen molar-refractivity contribution in [2.24, 2.45) is 0 Å². The molecule has 0 unspecified atom stereocenters. The molecule has 0 saturated carbocycles. The van der Waals surface area contributed by atoms with E-state index in [0.717, 1.165) is 25.3 Å². The number of nitro benzene ring substituents is 1. The highest BCUT2D eigenvalue weighted by atomic mass is 19.1. The Morgan fingerprint density at radius 3 is 2.62 bits per heavy atom. The quantitative estimate of drug-likeness (QED) is 0.684. The molecular weight excluding hydrogens is 277 g/mol. The third-order valence-corrected chi connectivity index (χ3v) is 3.52. The van der Waals surface area contributed by atoms with Gasteiger partial charge in [0.1, 0.15) is 5.56 Å². The van der Waals surface area contributed by atoms with Crippen LogP contribution in [0.2, 0.25) is 0 Å². The first-order chi connectivity index (χ1) is 10.0. The maximum Gasteiger partial charge on any atom is 0.285 e. The van der Waals surface area contributed by atoms with Gasteiger partial charge in [0, 0.05) is 19.6 Å². The summed E-state index contributed by atoms with van der Waals surface area (Å²) in [4.78, 5) is 24.4. The second-order valence-corrected chi connectivity index (χ2v) is 4.99. The van der Waals surface area contributed by atoms with Gasteiger partial charge in [-0.1, -0.05) is 0 Å². The van der Waals surface area contributed by atoms with E-state index in [2.05, 4.69) is 5.32 Å². The van der Waals surface area contributed by atoms with E-state index >= 15 is 0 Å². The maximum atomic E-state index is 13.8. The Morgan fingerprint density at radius 1 is 1.38 bits per heavy atom. The van der Waals surface area contributed by atoms with E-state index in [9.17, 15) is 19.3 Å². The van der Waals surface area contributed by atoms with Gasteiger partial charge in [0.25, 0.3) is 11.6 Å². The molecule has 6 nitrogen and oxygen atoms in total. The number of rotatable bonds is 4. The molecule has 0 spiro atoms. The van der Waals surface area contributed by atoms with E-state index < -0.39 is 22.3 Å². The minimum absolute atomic E-state index is 0.0562. The van der Waals surface area contributed by atoms with Crippen molar-refractivity contribution in [3.8, 4) is 0 Å². The van der Waals surface area contributed by atoms with E-state index in [0.29, 0.717) is 19.6 Å². The van der Waals surface area contributed by atoms with Crippen LogP contribution < -0.4 is 5.32 Å². The van der Waals surface area contributed by atoms with Gasteiger partial charge in [0.15, 0.2) is 5.82 Å². The van der Waals surface area contributed by atoms with Crippen LogP contribution >= 0.6 is 0 Å². The Hall–Kier alpha value is -2.18. The molecule has 0 bridgehead atoms. The first-order valence-corrected chi connectivity index (χ1v) is 7.05. The minimum Gasteiger partial charge on any atom is -0.383 e. The van der Waals surface area contributed by atoms with Crippen LogP contribution in [-0.2, 0) is 0 Å². The molecule has 1 fully saturated rings. The molecule has 1 N–H and O–H groups in total. The van der Waals surface area contributed by atoms with E-state index in [1.807, 2.05) is 0 Å². The summed E-state index contributed by atoms with van der Waals surface area (Å²) in [5.74, 6) is -1.13. The zero-order chi connectivity index (χ0) is 15.4. The highest BCUT2D eigenvalue weighted by Crippen LogP contribution is 2.28. The lowest BCUT2D eigenvalue weighted by Gasteiger charge is -2.26. The lowest BCUT2D eigenvalue weighted by atomic mass is 10.1. The monoisotopic (exact) mass is 295 g/mol. The lowest BCUT2D eigenvalue weighted by Crippen LogP contribution is -2.36. The van der Waals surface area contributed by atoms with E-state index in [1.165, 1.54) is 6.07 Å². The third kappa shape index (κ3) is 3.29. The van der Waals surface area contributed by atoms with Crippen LogP contribution in [0.3, 0.4) is 0 Å². The topological polar surface area (TPSA) is 75.5 Å². The number of benzene rings is 1. The number of hydrogen-bond acceptors (Lipinski definition) is 4. The number of nitrogens with zero attached hydrogens (tertiary/aromatic N) is 2. The zero-order valence-electron chi connectivity index (χ0n) is 11.9. The van der Waals surface area contributed by atoms with Gasteiger partial charge in [-0.2, -0.15) is 0 Å². The normalized spacial score (nSPS) is 14.9. The smallest absolute Gasteiger partial charge is 0.285 e. The number of anilines is 1. The standard InChI is InChI=1S/C14H18FN3O3/c1-2-16-12-8-10(13(18(20)21)9-11(12)15)14(19)17-6-4-3-5-7-17/h8-9,16H,2-7H2,1H3. The summed E-state index contributed by atoms with van der Waals surface area (Å²) in [6.45, 7) is 3.42. The van der Waals surface area contributed by atoms with Crippen LogP contribution in [0.4, 0.5) is 15.8 Å². The molecule has 1 aromatic carbocycles. The second kappa shape index (κ2) is 6.51. The van der Waals surface area contributed by atoms with Crippen molar-refractivity contribution in [1.82, 2.24) is 4.90 Å². The molecule has 21 heavy (non-hydrogen) atoms. The number of carbonyl (C=O) groups is 1. The fourth-order valence-corrected chi connectivity index (χ4v) is 2.48. The van der Waals surface area contributed by atoms with Gasteiger partial charge in [0.2, 0.25) is 0 Å². The number of likely N-dealkylation sites (tertiary alicyclic amines) is 1. The summed E-state index contributed by atoms with van der Waals surface area (Å²) in [5.41, 5.74) is -0.424. The highest BCUT2D eigenvalue weighted by molar-refractivity contribution is 5.99. The third-order valence-electron chi connectivity index (χ3n) is 3.52. The first-order valence-electron chi connectivity index (χ1n) is 7.05. The van der Waals surface area contributed by atoms with Gasteiger partial charge in [0.05, 0.1) is 16.7 Å². The van der Waals surface area contributed by atoms with Gasteiger partial charge < -0.3 is 10.2 Å². The van der Waals surface area contributed by atoms with Crippen molar-refractivity contribution in [2.45, 2.75) is 26.2 Å². The Labute approximate surface area is 122 Å². The van der Waals surface area contributed by atoms with E-state index in [-0.39, 0.29) is 11.3 Å². The Morgan fingerprint density at radius 2 is 2.05 bits per heavy atom. The van der Waals surface area contributed by atoms with Crippen molar-refractivity contribution in [3.05, 3.63) is 33.6 Å². The largest absolute Gasteiger partial charge is 0.383 e. The molecule has 0 aromatic heterocycles. The van der Waals surface area contributed by atoms with Gasteiger partial charge in [-0.05, 0) is 32.3 Å². The molecule has 1 aromatic rings. The molecular formula is C14H18FN3O3. The molecule has 0 atom stereocenters. The van der Waals surface area contributed by atoms with E-state index in [4.69, 9.17) is 0 Å². The fourth-order valence-electron chi connectivity index (χ4n) is 2.48. The predicted octanol–water partition coefficient (Wildman–Crippen LogP) is 2.79.